The number of anilines is 1. The SMILES string of the molecule is CC(=O)Nc1ccn(C2OC(C(COC(C)=O)NC(=O)C(COCc3ccccc3)NC(=O)OC(C)(C)C)C(OC(C)=O)C2OC(C)=O)c(=O)n1. The molecule has 0 saturated carbocycles. The van der Waals surface area contributed by atoms with E-state index in [1.807, 2.05) is 18.2 Å². The summed E-state index contributed by atoms with van der Waals surface area (Å²) in [6.45, 7) is 8.62. The lowest BCUT2D eigenvalue weighted by atomic mass is 10.0. The summed E-state index contributed by atoms with van der Waals surface area (Å²) in [5, 5.41) is 7.50. The van der Waals surface area contributed by atoms with E-state index in [-0.39, 0.29) is 19.0 Å². The van der Waals surface area contributed by atoms with Gasteiger partial charge in [0, 0.05) is 33.9 Å². The Hall–Kier alpha value is -5.36. The summed E-state index contributed by atoms with van der Waals surface area (Å²) < 4.78 is 34.4. The number of benzene rings is 1. The number of rotatable bonds is 14. The van der Waals surface area contributed by atoms with Gasteiger partial charge < -0.3 is 44.4 Å². The molecule has 1 fully saturated rings. The van der Waals surface area contributed by atoms with E-state index in [1.54, 1.807) is 32.9 Å². The molecule has 18 nitrogen and oxygen atoms in total. The number of esters is 3. The van der Waals surface area contributed by atoms with E-state index in [4.69, 9.17) is 28.4 Å². The van der Waals surface area contributed by atoms with Crippen molar-refractivity contribution in [3.8, 4) is 0 Å². The van der Waals surface area contributed by atoms with Gasteiger partial charge in [-0.3, -0.25) is 28.5 Å². The molecule has 0 spiro atoms. The maximum Gasteiger partial charge on any atom is 0.408 e. The van der Waals surface area contributed by atoms with Crippen molar-refractivity contribution < 1.29 is 57.2 Å². The van der Waals surface area contributed by atoms with Crippen molar-refractivity contribution in [2.24, 2.45) is 0 Å². The Morgan fingerprint density at radius 3 is 2.10 bits per heavy atom. The molecule has 1 aromatic heterocycles. The van der Waals surface area contributed by atoms with Crippen LogP contribution in [0.5, 0.6) is 0 Å². The van der Waals surface area contributed by atoms with Gasteiger partial charge in [-0.15, -0.1) is 0 Å². The summed E-state index contributed by atoms with van der Waals surface area (Å²) >= 11 is 0. The number of ether oxygens (including phenoxy) is 6. The number of alkyl carbamates (subject to hydrolysis) is 1. The third kappa shape index (κ3) is 12.8. The number of hydrogen-bond donors (Lipinski definition) is 3. The molecular formula is C33H43N5O13. The molecule has 278 valence electrons. The molecule has 1 aromatic carbocycles. The van der Waals surface area contributed by atoms with Crippen LogP contribution in [-0.4, -0.2) is 94.6 Å². The molecule has 18 heteroatoms. The standard InChI is InChI=1S/C33H43N5O13/c1-18(39)34-25-13-14-38(31(44)37-25)30-28(49-21(4)42)27(48-20(3)41)26(50-30)23(17-47-19(2)40)35-29(43)24(36-32(45)51-33(5,6)7)16-46-15-22-11-9-8-10-12-22/h8-14,23-24,26-28,30H,15-17H2,1-7H3,(H,35,43)(H,36,45)(H,34,37,39,44). The number of carbonyl (C=O) groups excluding carboxylic acids is 6. The van der Waals surface area contributed by atoms with Crippen molar-refractivity contribution in [1.82, 2.24) is 20.2 Å². The first-order valence-electron chi connectivity index (χ1n) is 15.8. The molecule has 1 aliphatic rings. The molecule has 51 heavy (non-hydrogen) atoms. The summed E-state index contributed by atoms with van der Waals surface area (Å²) in [6.07, 6.45) is -5.60. The topological polar surface area (TPSA) is 229 Å². The summed E-state index contributed by atoms with van der Waals surface area (Å²) in [4.78, 5) is 91.6. The molecule has 6 atom stereocenters. The van der Waals surface area contributed by atoms with Crippen LogP contribution >= 0.6 is 0 Å². The van der Waals surface area contributed by atoms with Crippen LogP contribution in [0.1, 0.15) is 60.3 Å². The highest BCUT2D eigenvalue weighted by Crippen LogP contribution is 2.35. The van der Waals surface area contributed by atoms with Crippen molar-refractivity contribution in [2.75, 3.05) is 18.5 Å². The third-order valence-corrected chi connectivity index (χ3v) is 6.83. The second-order valence-corrected chi connectivity index (χ2v) is 12.4. The van der Waals surface area contributed by atoms with Gasteiger partial charge >= 0.3 is 29.7 Å². The summed E-state index contributed by atoms with van der Waals surface area (Å²) in [5.74, 6) is -3.82. The second kappa shape index (κ2) is 18.0. The number of hydrogen-bond acceptors (Lipinski definition) is 14. The van der Waals surface area contributed by atoms with Gasteiger partial charge in [0.05, 0.1) is 19.3 Å². The third-order valence-electron chi connectivity index (χ3n) is 6.83. The summed E-state index contributed by atoms with van der Waals surface area (Å²) in [6, 6.07) is 7.63. The van der Waals surface area contributed by atoms with Crippen LogP contribution in [0.4, 0.5) is 10.6 Å². The zero-order valence-electron chi connectivity index (χ0n) is 29.3. The van der Waals surface area contributed by atoms with Gasteiger partial charge in [0.25, 0.3) is 0 Å². The molecule has 2 aromatic rings. The van der Waals surface area contributed by atoms with Crippen LogP contribution in [0.15, 0.2) is 47.4 Å². The van der Waals surface area contributed by atoms with Gasteiger partial charge in [0.2, 0.25) is 11.8 Å². The average molecular weight is 718 g/mol. The normalized spacial score (nSPS) is 19.5. The van der Waals surface area contributed by atoms with E-state index < -0.39 is 90.3 Å². The van der Waals surface area contributed by atoms with Gasteiger partial charge in [0.1, 0.15) is 30.2 Å². The molecule has 3 amide bonds. The van der Waals surface area contributed by atoms with Crippen molar-refractivity contribution in [2.45, 2.75) is 97.3 Å². The van der Waals surface area contributed by atoms with Gasteiger partial charge in [-0.05, 0) is 32.4 Å². The Bertz CT molecular complexity index is 1620. The first kappa shape index (κ1) is 40.1. The Kier molecular flexibility index (Phi) is 14.2. The summed E-state index contributed by atoms with van der Waals surface area (Å²) in [7, 11) is 0. The van der Waals surface area contributed by atoms with Crippen molar-refractivity contribution >= 4 is 41.6 Å². The highest BCUT2D eigenvalue weighted by Gasteiger charge is 2.54. The first-order valence-corrected chi connectivity index (χ1v) is 15.8. The molecule has 1 saturated heterocycles. The fourth-order valence-electron chi connectivity index (χ4n) is 4.92. The van der Waals surface area contributed by atoms with Crippen molar-refractivity contribution in [1.29, 1.82) is 0 Å². The molecular weight excluding hydrogens is 674 g/mol. The number of nitrogens with zero attached hydrogens (tertiary/aromatic N) is 2. The van der Waals surface area contributed by atoms with Gasteiger partial charge in [0.15, 0.2) is 18.4 Å². The number of amides is 3. The van der Waals surface area contributed by atoms with Crippen LogP contribution in [0.3, 0.4) is 0 Å². The average Bonchev–Trinajstić information content (AvgIpc) is 3.33. The van der Waals surface area contributed by atoms with E-state index in [9.17, 15) is 33.6 Å². The minimum absolute atomic E-state index is 0.0723. The maximum atomic E-state index is 13.9. The molecule has 1 aliphatic heterocycles. The van der Waals surface area contributed by atoms with Crippen LogP contribution in [0.25, 0.3) is 0 Å². The van der Waals surface area contributed by atoms with Crippen LogP contribution in [0.2, 0.25) is 0 Å². The Morgan fingerprint density at radius 2 is 1.53 bits per heavy atom. The number of aromatic nitrogens is 2. The predicted octanol–water partition coefficient (Wildman–Crippen LogP) is 1.12. The van der Waals surface area contributed by atoms with Gasteiger partial charge in [-0.25, -0.2) is 9.59 Å². The molecule has 2 heterocycles. The molecule has 0 bridgehead atoms. The van der Waals surface area contributed by atoms with Crippen LogP contribution in [0, 0.1) is 0 Å². The van der Waals surface area contributed by atoms with E-state index in [1.165, 1.54) is 19.2 Å². The van der Waals surface area contributed by atoms with Crippen LogP contribution < -0.4 is 21.6 Å². The van der Waals surface area contributed by atoms with E-state index in [2.05, 4.69) is 20.9 Å². The number of carbonyl (C=O) groups is 6. The summed E-state index contributed by atoms with van der Waals surface area (Å²) in [5.41, 5.74) is -1.05. The molecule has 3 rings (SSSR count). The van der Waals surface area contributed by atoms with Crippen LogP contribution in [-0.2, 0) is 59.0 Å². The lowest BCUT2D eigenvalue weighted by molar-refractivity contribution is -0.166. The zero-order chi connectivity index (χ0) is 37.9. The highest BCUT2D eigenvalue weighted by molar-refractivity contribution is 5.87. The highest BCUT2D eigenvalue weighted by atomic mass is 16.6. The quantitative estimate of drug-likeness (QED) is 0.184. The minimum Gasteiger partial charge on any atom is -0.464 e. The lowest BCUT2D eigenvalue weighted by Gasteiger charge is -2.30. The lowest BCUT2D eigenvalue weighted by Crippen LogP contribution is -2.58. The first-order chi connectivity index (χ1) is 23.9. The van der Waals surface area contributed by atoms with Gasteiger partial charge in [-0.1, -0.05) is 30.3 Å². The smallest absolute Gasteiger partial charge is 0.408 e. The molecule has 6 unspecified atom stereocenters. The molecule has 3 N–H and O–H groups in total. The van der Waals surface area contributed by atoms with E-state index in [0.717, 1.165) is 30.9 Å². The Labute approximate surface area is 293 Å². The fourth-order valence-corrected chi connectivity index (χ4v) is 4.92. The molecule has 0 aliphatic carbocycles. The van der Waals surface area contributed by atoms with E-state index in [0.29, 0.717) is 0 Å². The maximum absolute atomic E-state index is 13.9. The Balaban J connectivity index is 1.99. The largest absolute Gasteiger partial charge is 0.464 e. The predicted molar refractivity (Wildman–Crippen MR) is 176 cm³/mol. The Morgan fingerprint density at radius 1 is 0.882 bits per heavy atom. The fraction of sp³-hybridized carbons (Fsp3) is 0.515. The minimum atomic E-state index is -1.49. The second-order valence-electron chi connectivity index (χ2n) is 12.4. The monoisotopic (exact) mass is 717 g/mol. The zero-order valence-corrected chi connectivity index (χ0v) is 29.3. The van der Waals surface area contributed by atoms with Crippen molar-refractivity contribution in [3.63, 3.8) is 0 Å². The molecule has 0 radical (unpaired) electrons. The van der Waals surface area contributed by atoms with Gasteiger partial charge in [-0.2, -0.15) is 4.98 Å². The number of nitrogens with one attached hydrogen (secondary N) is 3. The van der Waals surface area contributed by atoms with E-state index >= 15 is 0 Å². The van der Waals surface area contributed by atoms with Crippen molar-refractivity contribution in [3.05, 3.63) is 58.6 Å².